The Bertz CT molecular complexity index is 298. The van der Waals surface area contributed by atoms with Gasteiger partial charge in [-0.2, -0.15) is 13.5 Å². The molecule has 2 rings (SSSR count). The molecule has 0 aromatic heterocycles. The first-order valence-electron chi connectivity index (χ1n) is 5.36. The number of nitrogens with zero attached hydrogens (tertiary/aromatic N) is 2. The second-order valence-electron chi connectivity index (χ2n) is 3.76. The first-order valence-corrected chi connectivity index (χ1v) is 5.36. The molecule has 1 aliphatic heterocycles. The Hall–Kier alpha value is -1.09. The van der Waals surface area contributed by atoms with Gasteiger partial charge in [-0.05, 0) is 13.8 Å². The minimum absolute atomic E-state index is 0. The van der Waals surface area contributed by atoms with E-state index in [9.17, 15) is 0 Å². The van der Waals surface area contributed by atoms with Gasteiger partial charge in [0.05, 0.1) is 6.67 Å². The Labute approximate surface area is 106 Å². The number of rotatable bonds is 1. The summed E-state index contributed by atoms with van der Waals surface area (Å²) in [5.74, 6) is 0. The molecule has 90 valence electrons. The largest absolute Gasteiger partial charge is 0.362 e. The molecule has 0 amide bonds. The Balaban J connectivity index is 0.000000267. The molecule has 2 nitrogen and oxygen atoms in total. The van der Waals surface area contributed by atoms with Gasteiger partial charge in [0, 0.05) is 26.0 Å². The highest BCUT2D eigenvalue weighted by Crippen LogP contribution is 2.00. The summed E-state index contributed by atoms with van der Waals surface area (Å²) in [6.07, 6.45) is 4.20. The van der Waals surface area contributed by atoms with Gasteiger partial charge in [0.25, 0.3) is 0 Å². The second kappa shape index (κ2) is 8.11. The highest BCUT2D eigenvalue weighted by atomic mass is 32.1. The van der Waals surface area contributed by atoms with Crippen LogP contribution in [0.15, 0.2) is 42.7 Å². The zero-order valence-corrected chi connectivity index (χ0v) is 11.4. The van der Waals surface area contributed by atoms with Crippen LogP contribution in [-0.4, -0.2) is 30.1 Å². The van der Waals surface area contributed by atoms with Crippen molar-refractivity contribution in [3.8, 4) is 0 Å². The third-order valence-corrected chi connectivity index (χ3v) is 2.28. The molecular weight excluding hydrogens is 216 g/mol. The van der Waals surface area contributed by atoms with E-state index in [0.29, 0.717) is 0 Å². The zero-order chi connectivity index (χ0) is 11.1. The Morgan fingerprint density at radius 1 is 1.12 bits per heavy atom. The lowest BCUT2D eigenvalue weighted by Crippen LogP contribution is -2.21. The molecule has 0 N–H and O–H groups in total. The van der Waals surface area contributed by atoms with Crippen LogP contribution in [0.25, 0.3) is 0 Å². The number of benzene rings is 1. The van der Waals surface area contributed by atoms with Gasteiger partial charge in [0.15, 0.2) is 0 Å². The Morgan fingerprint density at radius 2 is 1.75 bits per heavy atom. The quantitative estimate of drug-likeness (QED) is 0.742. The summed E-state index contributed by atoms with van der Waals surface area (Å²) in [6.45, 7) is 6.40. The normalized spacial score (nSPS) is 12.9. The average Bonchev–Trinajstić information content (AvgIpc) is 2.66. The van der Waals surface area contributed by atoms with E-state index in [1.807, 2.05) is 18.2 Å². The van der Waals surface area contributed by atoms with Crippen LogP contribution in [0, 0.1) is 6.92 Å². The van der Waals surface area contributed by atoms with Gasteiger partial charge in [-0.15, -0.1) is 0 Å². The fraction of sp³-hybridized carbons (Fsp3) is 0.385. The van der Waals surface area contributed by atoms with Crippen LogP contribution in [0.3, 0.4) is 0 Å². The van der Waals surface area contributed by atoms with E-state index in [4.69, 9.17) is 0 Å². The molecule has 1 aromatic rings. The molecule has 0 unspecified atom stereocenters. The fourth-order valence-corrected chi connectivity index (χ4v) is 1.33. The van der Waals surface area contributed by atoms with Gasteiger partial charge in [-0.3, -0.25) is 0 Å². The van der Waals surface area contributed by atoms with Crippen LogP contribution >= 0.6 is 13.5 Å². The summed E-state index contributed by atoms with van der Waals surface area (Å²) in [5, 5.41) is 0. The Morgan fingerprint density at radius 3 is 2.00 bits per heavy atom. The third-order valence-electron chi connectivity index (χ3n) is 2.28. The van der Waals surface area contributed by atoms with Gasteiger partial charge in [0.2, 0.25) is 0 Å². The summed E-state index contributed by atoms with van der Waals surface area (Å²) >= 11 is 0. The molecule has 0 saturated heterocycles. The molecule has 1 aromatic carbocycles. The minimum Gasteiger partial charge on any atom is -0.362 e. The topological polar surface area (TPSA) is 6.48 Å². The van der Waals surface area contributed by atoms with Crippen LogP contribution in [0.4, 0.5) is 0 Å². The Kier molecular flexibility index (Phi) is 7.56. The smallest absolute Gasteiger partial charge is 0.0890 e. The van der Waals surface area contributed by atoms with Crippen LogP contribution in [0.1, 0.15) is 12.5 Å². The van der Waals surface area contributed by atoms with Gasteiger partial charge in [-0.1, -0.05) is 35.9 Å². The van der Waals surface area contributed by atoms with E-state index in [-0.39, 0.29) is 13.5 Å². The molecular formula is C13H22N2S. The summed E-state index contributed by atoms with van der Waals surface area (Å²) < 4.78 is 0. The van der Waals surface area contributed by atoms with Gasteiger partial charge >= 0.3 is 0 Å². The highest BCUT2D eigenvalue weighted by Gasteiger charge is 2.03. The van der Waals surface area contributed by atoms with E-state index < -0.39 is 0 Å². The van der Waals surface area contributed by atoms with Crippen LogP contribution < -0.4 is 0 Å². The molecule has 0 atom stereocenters. The molecule has 0 saturated carbocycles. The summed E-state index contributed by atoms with van der Waals surface area (Å²) in [4.78, 5) is 4.41. The molecule has 16 heavy (non-hydrogen) atoms. The lowest BCUT2D eigenvalue weighted by Gasteiger charge is -2.14. The highest BCUT2D eigenvalue weighted by molar-refractivity contribution is 7.59. The third kappa shape index (κ3) is 5.71. The van der Waals surface area contributed by atoms with Crippen molar-refractivity contribution in [2.24, 2.45) is 0 Å². The lowest BCUT2D eigenvalue weighted by atomic mass is 10.2. The van der Waals surface area contributed by atoms with Crippen LogP contribution in [0.2, 0.25) is 0 Å². The van der Waals surface area contributed by atoms with Crippen molar-refractivity contribution in [1.29, 1.82) is 0 Å². The standard InChI is InChI=1S/C7H8.C6H12N2.H2S/c1-7-5-3-2-4-6-7;1-3-8-5-4-7(2)6-8;/h2-6H,1H3;4-5H,3,6H2,1-2H3;1H2. The van der Waals surface area contributed by atoms with Crippen molar-refractivity contribution in [2.45, 2.75) is 13.8 Å². The fourth-order valence-electron chi connectivity index (χ4n) is 1.33. The van der Waals surface area contributed by atoms with E-state index in [1.165, 1.54) is 5.56 Å². The minimum atomic E-state index is 0. The van der Waals surface area contributed by atoms with Crippen molar-refractivity contribution in [3.63, 3.8) is 0 Å². The van der Waals surface area contributed by atoms with E-state index >= 15 is 0 Å². The first kappa shape index (κ1) is 14.9. The molecule has 0 spiro atoms. The van der Waals surface area contributed by atoms with E-state index in [2.05, 4.69) is 55.2 Å². The van der Waals surface area contributed by atoms with Crippen molar-refractivity contribution in [3.05, 3.63) is 48.3 Å². The van der Waals surface area contributed by atoms with E-state index in [1.54, 1.807) is 0 Å². The summed E-state index contributed by atoms with van der Waals surface area (Å²) in [5.41, 5.74) is 1.32. The zero-order valence-electron chi connectivity index (χ0n) is 10.4. The molecule has 0 radical (unpaired) electrons. The van der Waals surface area contributed by atoms with Crippen molar-refractivity contribution in [1.82, 2.24) is 9.80 Å². The molecule has 0 aliphatic carbocycles. The van der Waals surface area contributed by atoms with E-state index in [0.717, 1.165) is 13.2 Å². The monoisotopic (exact) mass is 238 g/mol. The van der Waals surface area contributed by atoms with Gasteiger partial charge in [0.1, 0.15) is 0 Å². The molecule has 1 heterocycles. The van der Waals surface area contributed by atoms with Crippen LogP contribution in [-0.2, 0) is 0 Å². The van der Waals surface area contributed by atoms with Crippen molar-refractivity contribution < 1.29 is 0 Å². The molecule has 0 fully saturated rings. The van der Waals surface area contributed by atoms with Crippen molar-refractivity contribution in [2.75, 3.05) is 20.3 Å². The summed E-state index contributed by atoms with van der Waals surface area (Å²) in [6, 6.07) is 10.3. The maximum absolute atomic E-state index is 2.25. The predicted octanol–water partition coefficient (Wildman–Crippen LogP) is 2.79. The molecule has 0 bridgehead atoms. The number of hydrogen-bond acceptors (Lipinski definition) is 2. The SMILES string of the molecule is CCN1C=CN(C)C1.Cc1ccccc1.S. The number of hydrogen-bond donors (Lipinski definition) is 0. The average molecular weight is 238 g/mol. The van der Waals surface area contributed by atoms with Gasteiger partial charge in [-0.25, -0.2) is 0 Å². The van der Waals surface area contributed by atoms with Crippen LogP contribution in [0.5, 0.6) is 0 Å². The molecule has 3 heteroatoms. The van der Waals surface area contributed by atoms with Crippen molar-refractivity contribution >= 4 is 13.5 Å². The predicted molar refractivity (Wildman–Crippen MR) is 75.7 cm³/mol. The number of aryl methyl sites for hydroxylation is 1. The van der Waals surface area contributed by atoms with Gasteiger partial charge < -0.3 is 9.80 Å². The lowest BCUT2D eigenvalue weighted by molar-refractivity contribution is 0.308. The first-order chi connectivity index (χ1) is 7.22. The second-order valence-corrected chi connectivity index (χ2v) is 3.76. The molecule has 1 aliphatic rings. The maximum Gasteiger partial charge on any atom is 0.0890 e. The maximum atomic E-state index is 2.25. The summed E-state index contributed by atoms with van der Waals surface area (Å²) in [7, 11) is 2.08.